The molecular formula is C16H22N2OS. The average Bonchev–Trinajstić information content (AvgIpc) is 2.89. The molecule has 0 amide bonds. The number of hydrogen-bond donors (Lipinski definition) is 1. The van der Waals surface area contributed by atoms with E-state index in [0.29, 0.717) is 11.5 Å². The van der Waals surface area contributed by atoms with E-state index in [2.05, 4.69) is 19.9 Å². The third kappa shape index (κ3) is 3.19. The molecule has 2 N–H and O–H groups in total. The highest BCUT2D eigenvalue weighted by Crippen LogP contribution is 2.25. The van der Waals surface area contributed by atoms with Crippen LogP contribution >= 0.6 is 11.3 Å². The average molecular weight is 290 g/mol. The molecule has 20 heavy (non-hydrogen) atoms. The smallest absolute Gasteiger partial charge is 0.255 e. The van der Waals surface area contributed by atoms with E-state index in [1.54, 1.807) is 11.3 Å². The van der Waals surface area contributed by atoms with Gasteiger partial charge in [0.15, 0.2) is 0 Å². The first-order chi connectivity index (χ1) is 9.50. The van der Waals surface area contributed by atoms with Crippen LogP contribution in [0, 0.1) is 5.92 Å². The first-order valence-electron chi connectivity index (χ1n) is 7.04. The van der Waals surface area contributed by atoms with E-state index in [0.717, 1.165) is 23.5 Å². The van der Waals surface area contributed by atoms with Crippen molar-refractivity contribution in [1.29, 1.82) is 0 Å². The van der Waals surface area contributed by atoms with E-state index in [9.17, 15) is 4.79 Å². The fourth-order valence-electron chi connectivity index (χ4n) is 2.19. The molecule has 0 bridgehead atoms. The number of rotatable bonds is 5. The molecule has 0 spiro atoms. The Morgan fingerprint density at radius 1 is 1.25 bits per heavy atom. The van der Waals surface area contributed by atoms with Crippen LogP contribution in [-0.4, -0.2) is 4.57 Å². The van der Waals surface area contributed by atoms with E-state index in [1.165, 1.54) is 0 Å². The lowest BCUT2D eigenvalue weighted by molar-refractivity contribution is 0.508. The molecule has 0 aliphatic heterocycles. The van der Waals surface area contributed by atoms with Crippen molar-refractivity contribution in [3.63, 3.8) is 0 Å². The Kier molecular flexibility index (Phi) is 4.78. The van der Waals surface area contributed by atoms with Crippen molar-refractivity contribution < 1.29 is 0 Å². The van der Waals surface area contributed by atoms with Gasteiger partial charge in [-0.2, -0.15) is 0 Å². The van der Waals surface area contributed by atoms with Crippen molar-refractivity contribution in [3.8, 4) is 10.6 Å². The number of nitrogens with two attached hydrogens (primary N) is 1. The molecule has 0 radical (unpaired) electrons. The van der Waals surface area contributed by atoms with Crippen LogP contribution in [0.3, 0.4) is 0 Å². The summed E-state index contributed by atoms with van der Waals surface area (Å²) < 4.78 is 1.88. The molecule has 3 nitrogen and oxygen atoms in total. The Labute approximate surface area is 124 Å². The highest BCUT2D eigenvalue weighted by Gasteiger charge is 2.13. The quantitative estimate of drug-likeness (QED) is 0.914. The number of thiophene rings is 1. The Bertz CT molecular complexity index is 612. The maximum atomic E-state index is 12.6. The lowest BCUT2D eigenvalue weighted by Crippen LogP contribution is -2.28. The van der Waals surface area contributed by atoms with Gasteiger partial charge in [-0.25, -0.2) is 0 Å². The summed E-state index contributed by atoms with van der Waals surface area (Å²) in [5, 5.41) is 2.03. The predicted octanol–water partition coefficient (Wildman–Crippen LogP) is 3.64. The van der Waals surface area contributed by atoms with Gasteiger partial charge in [0.05, 0.1) is 10.6 Å². The lowest BCUT2D eigenvalue weighted by atomic mass is 10.1. The fourth-order valence-corrected chi connectivity index (χ4v) is 2.95. The van der Waals surface area contributed by atoms with E-state index >= 15 is 0 Å². The van der Waals surface area contributed by atoms with E-state index in [1.807, 2.05) is 35.1 Å². The predicted molar refractivity (Wildman–Crippen MR) is 86.1 cm³/mol. The zero-order valence-corrected chi connectivity index (χ0v) is 13.1. The van der Waals surface area contributed by atoms with Crippen LogP contribution in [0.5, 0.6) is 0 Å². The van der Waals surface area contributed by atoms with Gasteiger partial charge in [0.2, 0.25) is 0 Å². The summed E-state index contributed by atoms with van der Waals surface area (Å²) in [6, 6.07) is 7.72. The maximum absolute atomic E-state index is 12.6. The first-order valence-corrected chi connectivity index (χ1v) is 7.92. The van der Waals surface area contributed by atoms with E-state index in [-0.39, 0.29) is 11.6 Å². The summed E-state index contributed by atoms with van der Waals surface area (Å²) in [5.41, 5.74) is 7.63. The van der Waals surface area contributed by atoms with Gasteiger partial charge in [0, 0.05) is 18.2 Å². The summed E-state index contributed by atoms with van der Waals surface area (Å²) in [5.74, 6) is 0.567. The maximum Gasteiger partial charge on any atom is 0.255 e. The van der Waals surface area contributed by atoms with Gasteiger partial charge in [-0.3, -0.25) is 4.79 Å². The third-order valence-electron chi connectivity index (χ3n) is 3.40. The molecule has 1 atom stereocenters. The molecule has 2 aromatic heterocycles. The molecule has 0 aliphatic carbocycles. The molecule has 0 fully saturated rings. The fraction of sp³-hybridized carbons (Fsp3) is 0.438. The topological polar surface area (TPSA) is 48.0 Å². The van der Waals surface area contributed by atoms with Crippen LogP contribution < -0.4 is 11.3 Å². The summed E-state index contributed by atoms with van der Waals surface area (Å²) in [6.45, 7) is 6.94. The van der Waals surface area contributed by atoms with Crippen molar-refractivity contribution in [2.45, 2.75) is 39.8 Å². The van der Waals surface area contributed by atoms with Crippen molar-refractivity contribution in [1.82, 2.24) is 4.57 Å². The second kappa shape index (κ2) is 6.37. The Morgan fingerprint density at radius 3 is 2.55 bits per heavy atom. The molecule has 0 saturated heterocycles. The number of aromatic nitrogens is 1. The Hall–Kier alpha value is -1.39. The van der Waals surface area contributed by atoms with Gasteiger partial charge < -0.3 is 10.3 Å². The highest BCUT2D eigenvalue weighted by molar-refractivity contribution is 7.13. The zero-order valence-electron chi connectivity index (χ0n) is 12.3. The molecule has 0 aromatic carbocycles. The van der Waals surface area contributed by atoms with Crippen molar-refractivity contribution in [2.75, 3.05) is 0 Å². The highest BCUT2D eigenvalue weighted by atomic mass is 32.1. The Morgan fingerprint density at radius 2 is 2.00 bits per heavy atom. The standard InChI is InChI=1S/C16H22N2OS/c1-11(2)8-9-18-14(15-5-4-10-20-15)7-6-13(12(3)17)16(18)19/h4-7,10-12H,8-9,17H2,1-3H3. The van der Waals surface area contributed by atoms with E-state index in [4.69, 9.17) is 5.73 Å². The molecule has 2 aromatic rings. The van der Waals surface area contributed by atoms with Gasteiger partial charge in [0.1, 0.15) is 0 Å². The molecule has 0 aliphatic rings. The first kappa shape index (κ1) is 15.0. The number of nitrogens with zero attached hydrogens (tertiary/aromatic N) is 1. The molecule has 108 valence electrons. The molecule has 4 heteroatoms. The molecule has 2 rings (SSSR count). The van der Waals surface area contributed by atoms with Gasteiger partial charge in [-0.1, -0.05) is 19.9 Å². The summed E-state index contributed by atoms with van der Waals surface area (Å²) >= 11 is 1.66. The van der Waals surface area contributed by atoms with E-state index < -0.39 is 0 Å². The van der Waals surface area contributed by atoms with Crippen LogP contribution in [0.4, 0.5) is 0 Å². The molecule has 2 heterocycles. The summed E-state index contributed by atoms with van der Waals surface area (Å²) in [7, 11) is 0. The third-order valence-corrected chi connectivity index (χ3v) is 4.29. The second-order valence-corrected chi connectivity index (χ2v) is 6.53. The van der Waals surface area contributed by atoms with Crippen molar-refractivity contribution in [2.24, 2.45) is 11.7 Å². The Balaban J connectivity index is 2.51. The zero-order chi connectivity index (χ0) is 14.7. The van der Waals surface area contributed by atoms with Crippen LogP contribution in [0.15, 0.2) is 34.4 Å². The largest absolute Gasteiger partial charge is 0.324 e. The molecule has 1 unspecified atom stereocenters. The summed E-state index contributed by atoms with van der Waals surface area (Å²) in [4.78, 5) is 13.8. The minimum atomic E-state index is -0.231. The SMILES string of the molecule is CC(C)CCn1c(-c2cccs2)ccc(C(C)N)c1=O. The van der Waals surface area contributed by atoms with Gasteiger partial charge in [0.25, 0.3) is 5.56 Å². The van der Waals surface area contributed by atoms with Gasteiger partial charge in [-0.15, -0.1) is 11.3 Å². The monoisotopic (exact) mass is 290 g/mol. The van der Waals surface area contributed by atoms with Gasteiger partial charge in [-0.05, 0) is 42.8 Å². The van der Waals surface area contributed by atoms with Crippen molar-refractivity contribution in [3.05, 3.63) is 45.6 Å². The molecular weight excluding hydrogens is 268 g/mol. The normalized spacial score (nSPS) is 12.8. The lowest BCUT2D eigenvalue weighted by Gasteiger charge is -2.16. The number of hydrogen-bond acceptors (Lipinski definition) is 3. The van der Waals surface area contributed by atoms with Crippen LogP contribution in [-0.2, 0) is 6.54 Å². The summed E-state index contributed by atoms with van der Waals surface area (Å²) in [6.07, 6.45) is 0.987. The van der Waals surface area contributed by atoms with Crippen LogP contribution in [0.2, 0.25) is 0 Å². The van der Waals surface area contributed by atoms with Crippen molar-refractivity contribution >= 4 is 11.3 Å². The minimum Gasteiger partial charge on any atom is -0.324 e. The second-order valence-electron chi connectivity index (χ2n) is 5.58. The molecule has 0 saturated carbocycles. The minimum absolute atomic E-state index is 0.0477. The van der Waals surface area contributed by atoms with Crippen LogP contribution in [0.1, 0.15) is 38.8 Å². The van der Waals surface area contributed by atoms with Crippen LogP contribution in [0.25, 0.3) is 10.6 Å². The number of pyridine rings is 1. The van der Waals surface area contributed by atoms with Gasteiger partial charge >= 0.3 is 0 Å².